The standard InChI is InChI=1S/C11H10F2N2O2S/c1-2-17-9(16)5-15-10-7(13)3-6(12)4-8(10)18-11(15)14/h3-4,14H,2,5H2,1H3. The number of ether oxygens (including phenoxy) is 1. The third kappa shape index (κ3) is 2.26. The van der Waals surface area contributed by atoms with Gasteiger partial charge in [0.15, 0.2) is 10.6 Å². The second kappa shape index (κ2) is 4.85. The van der Waals surface area contributed by atoms with Crippen molar-refractivity contribution < 1.29 is 18.3 Å². The summed E-state index contributed by atoms with van der Waals surface area (Å²) < 4.78 is 32.9. The number of aromatic nitrogens is 1. The number of nitrogens with zero attached hydrogens (tertiary/aromatic N) is 1. The fourth-order valence-corrected chi connectivity index (χ4v) is 2.58. The van der Waals surface area contributed by atoms with Crippen LogP contribution in [-0.2, 0) is 16.1 Å². The van der Waals surface area contributed by atoms with Gasteiger partial charge < -0.3 is 9.30 Å². The topological polar surface area (TPSA) is 55.1 Å². The Morgan fingerprint density at radius 2 is 2.22 bits per heavy atom. The maximum absolute atomic E-state index is 13.7. The first-order valence-electron chi connectivity index (χ1n) is 5.21. The molecule has 0 radical (unpaired) electrons. The summed E-state index contributed by atoms with van der Waals surface area (Å²) in [5.41, 5.74) is 0.0550. The molecule has 0 spiro atoms. The first-order chi connectivity index (χ1) is 8.52. The number of carbonyl (C=O) groups excluding carboxylic acids is 1. The molecule has 1 N–H and O–H groups in total. The first-order valence-corrected chi connectivity index (χ1v) is 6.03. The molecule has 0 saturated carbocycles. The van der Waals surface area contributed by atoms with Crippen molar-refractivity contribution in [2.75, 3.05) is 6.61 Å². The van der Waals surface area contributed by atoms with Gasteiger partial charge in [-0.15, -0.1) is 0 Å². The molecule has 4 nitrogen and oxygen atoms in total. The van der Waals surface area contributed by atoms with Crippen molar-refractivity contribution in [3.63, 3.8) is 0 Å². The summed E-state index contributed by atoms with van der Waals surface area (Å²) in [6, 6.07) is 1.87. The Kier molecular flexibility index (Phi) is 3.42. The van der Waals surface area contributed by atoms with Gasteiger partial charge in [0.25, 0.3) is 0 Å². The van der Waals surface area contributed by atoms with E-state index in [2.05, 4.69) is 0 Å². The number of esters is 1. The van der Waals surface area contributed by atoms with Crippen LogP contribution in [0.2, 0.25) is 0 Å². The molecule has 0 bridgehead atoms. The Labute approximate surface area is 105 Å². The van der Waals surface area contributed by atoms with Crippen molar-refractivity contribution in [1.29, 1.82) is 5.41 Å². The zero-order chi connectivity index (χ0) is 13.3. The van der Waals surface area contributed by atoms with Gasteiger partial charge in [0, 0.05) is 6.07 Å². The summed E-state index contributed by atoms with van der Waals surface area (Å²) >= 11 is 0.909. The Morgan fingerprint density at radius 3 is 2.89 bits per heavy atom. The third-order valence-corrected chi connectivity index (χ3v) is 3.25. The molecular formula is C11H10F2N2O2S. The molecular weight excluding hydrogens is 262 g/mol. The molecule has 0 aliphatic carbocycles. The van der Waals surface area contributed by atoms with E-state index in [0.717, 1.165) is 23.5 Å². The van der Waals surface area contributed by atoms with Crippen molar-refractivity contribution in [2.45, 2.75) is 13.5 Å². The van der Waals surface area contributed by atoms with Gasteiger partial charge in [-0.05, 0) is 13.0 Å². The predicted octanol–water partition coefficient (Wildman–Crippen LogP) is 2.02. The lowest BCUT2D eigenvalue weighted by Gasteiger charge is -2.05. The van der Waals surface area contributed by atoms with Crippen LogP contribution in [0.3, 0.4) is 0 Å². The smallest absolute Gasteiger partial charge is 0.326 e. The van der Waals surface area contributed by atoms with Crippen LogP contribution in [0.5, 0.6) is 0 Å². The highest BCUT2D eigenvalue weighted by atomic mass is 32.1. The highest BCUT2D eigenvalue weighted by Gasteiger charge is 2.15. The molecule has 2 rings (SSSR count). The third-order valence-electron chi connectivity index (χ3n) is 2.31. The van der Waals surface area contributed by atoms with Crippen LogP contribution in [-0.4, -0.2) is 17.1 Å². The summed E-state index contributed by atoms with van der Waals surface area (Å²) in [5, 5.41) is 7.68. The second-order valence-electron chi connectivity index (χ2n) is 3.53. The molecule has 0 fully saturated rings. The van der Waals surface area contributed by atoms with E-state index in [1.807, 2.05) is 0 Å². The minimum absolute atomic E-state index is 0.0254. The van der Waals surface area contributed by atoms with E-state index >= 15 is 0 Å². The maximum atomic E-state index is 13.7. The molecule has 1 aromatic carbocycles. The fourth-order valence-electron chi connectivity index (χ4n) is 1.63. The highest BCUT2D eigenvalue weighted by Crippen LogP contribution is 2.22. The molecule has 0 amide bonds. The van der Waals surface area contributed by atoms with E-state index in [1.165, 1.54) is 4.57 Å². The number of hydrogen-bond donors (Lipinski definition) is 1. The van der Waals surface area contributed by atoms with Gasteiger partial charge in [-0.1, -0.05) is 11.3 Å². The van der Waals surface area contributed by atoms with E-state index in [-0.39, 0.29) is 23.5 Å². The normalized spacial score (nSPS) is 10.8. The molecule has 1 aromatic heterocycles. The van der Waals surface area contributed by atoms with Crippen LogP contribution in [0.4, 0.5) is 8.78 Å². The SMILES string of the molecule is CCOC(=O)Cn1c(=N)sc2cc(F)cc(F)c21. The number of rotatable bonds is 3. The fraction of sp³-hybridized carbons (Fsp3) is 0.273. The maximum Gasteiger partial charge on any atom is 0.326 e. The average Bonchev–Trinajstić information content (AvgIpc) is 2.55. The zero-order valence-corrected chi connectivity index (χ0v) is 10.3. The number of carbonyl (C=O) groups is 1. The average molecular weight is 272 g/mol. The summed E-state index contributed by atoms with van der Waals surface area (Å²) in [5.74, 6) is -2.05. The van der Waals surface area contributed by atoms with E-state index < -0.39 is 17.6 Å². The van der Waals surface area contributed by atoms with Gasteiger partial charge in [0.05, 0.1) is 16.8 Å². The van der Waals surface area contributed by atoms with Crippen LogP contribution < -0.4 is 4.80 Å². The van der Waals surface area contributed by atoms with Crippen molar-refractivity contribution in [2.24, 2.45) is 0 Å². The molecule has 96 valence electrons. The molecule has 2 aromatic rings. The summed E-state index contributed by atoms with van der Waals surface area (Å²) in [7, 11) is 0. The lowest BCUT2D eigenvalue weighted by atomic mass is 10.3. The van der Waals surface area contributed by atoms with Crippen molar-refractivity contribution >= 4 is 27.5 Å². The Morgan fingerprint density at radius 1 is 1.50 bits per heavy atom. The van der Waals surface area contributed by atoms with Gasteiger partial charge in [-0.25, -0.2) is 8.78 Å². The van der Waals surface area contributed by atoms with Crippen LogP contribution >= 0.6 is 11.3 Å². The zero-order valence-electron chi connectivity index (χ0n) is 9.50. The molecule has 0 aliphatic rings. The minimum Gasteiger partial charge on any atom is -0.465 e. The van der Waals surface area contributed by atoms with E-state index in [9.17, 15) is 13.6 Å². The minimum atomic E-state index is -0.788. The van der Waals surface area contributed by atoms with Crippen molar-refractivity contribution in [3.8, 4) is 0 Å². The predicted molar refractivity (Wildman–Crippen MR) is 62.2 cm³/mol. The molecule has 0 atom stereocenters. The number of fused-ring (bicyclic) bond motifs is 1. The summed E-state index contributed by atoms with van der Waals surface area (Å²) in [6.45, 7) is 1.62. The van der Waals surface area contributed by atoms with Crippen LogP contribution in [0, 0.1) is 17.0 Å². The number of nitrogens with one attached hydrogen (secondary N) is 1. The van der Waals surface area contributed by atoms with Crippen LogP contribution in [0.25, 0.3) is 10.2 Å². The van der Waals surface area contributed by atoms with Gasteiger partial charge in [-0.3, -0.25) is 10.2 Å². The molecule has 1 heterocycles. The van der Waals surface area contributed by atoms with Gasteiger partial charge in [0.2, 0.25) is 0 Å². The van der Waals surface area contributed by atoms with Crippen LogP contribution in [0.1, 0.15) is 6.92 Å². The Hall–Kier alpha value is -1.76. The Bertz CT molecular complexity index is 663. The highest BCUT2D eigenvalue weighted by molar-refractivity contribution is 7.16. The number of halogens is 2. The summed E-state index contributed by atoms with van der Waals surface area (Å²) in [6.07, 6.45) is 0. The largest absolute Gasteiger partial charge is 0.465 e. The Balaban J connectivity index is 2.54. The second-order valence-corrected chi connectivity index (χ2v) is 4.56. The number of thiazole rings is 1. The van der Waals surface area contributed by atoms with E-state index in [0.29, 0.717) is 4.70 Å². The molecule has 0 unspecified atom stereocenters. The molecule has 18 heavy (non-hydrogen) atoms. The monoisotopic (exact) mass is 272 g/mol. The van der Waals surface area contributed by atoms with Crippen molar-refractivity contribution in [3.05, 3.63) is 28.6 Å². The van der Waals surface area contributed by atoms with E-state index in [4.69, 9.17) is 10.1 Å². The quantitative estimate of drug-likeness (QED) is 0.869. The lowest BCUT2D eigenvalue weighted by molar-refractivity contribution is -0.143. The van der Waals surface area contributed by atoms with E-state index in [1.54, 1.807) is 6.92 Å². The van der Waals surface area contributed by atoms with Gasteiger partial charge in [-0.2, -0.15) is 0 Å². The van der Waals surface area contributed by atoms with Gasteiger partial charge in [0.1, 0.15) is 12.4 Å². The molecule has 0 saturated heterocycles. The summed E-state index contributed by atoms with van der Waals surface area (Å²) in [4.78, 5) is 11.3. The van der Waals surface area contributed by atoms with Crippen molar-refractivity contribution in [1.82, 2.24) is 4.57 Å². The number of hydrogen-bond acceptors (Lipinski definition) is 4. The van der Waals surface area contributed by atoms with Gasteiger partial charge >= 0.3 is 5.97 Å². The molecule has 7 heteroatoms. The number of benzene rings is 1. The first kappa shape index (κ1) is 12.7. The lowest BCUT2D eigenvalue weighted by Crippen LogP contribution is -2.21. The van der Waals surface area contributed by atoms with Crippen LogP contribution in [0.15, 0.2) is 12.1 Å². The molecule has 0 aliphatic heterocycles.